The van der Waals surface area contributed by atoms with E-state index in [1.165, 1.54) is 19.3 Å². The molecule has 1 heterocycles. The molecule has 2 fully saturated rings. The predicted molar refractivity (Wildman–Crippen MR) is 85.0 cm³/mol. The van der Waals surface area contributed by atoms with Crippen molar-refractivity contribution in [1.29, 1.82) is 0 Å². The molecule has 4 nitrogen and oxygen atoms in total. The lowest BCUT2D eigenvalue weighted by Gasteiger charge is -2.30. The average molecular weight is 304 g/mol. The van der Waals surface area contributed by atoms with Gasteiger partial charge >= 0.3 is 0 Å². The van der Waals surface area contributed by atoms with Crippen molar-refractivity contribution < 1.29 is 4.79 Å². The van der Waals surface area contributed by atoms with Gasteiger partial charge in [0.2, 0.25) is 5.91 Å². The number of carbonyl (C=O) groups is 1. The number of rotatable bonds is 4. The molecular weight excluding hydrogens is 274 g/mol. The van der Waals surface area contributed by atoms with E-state index in [0.29, 0.717) is 24.4 Å². The first-order chi connectivity index (χ1) is 9.06. The normalized spacial score (nSPS) is 32.5. The summed E-state index contributed by atoms with van der Waals surface area (Å²) in [6, 6.07) is 0.638. The van der Waals surface area contributed by atoms with Crippen molar-refractivity contribution in [2.75, 3.05) is 19.6 Å². The molecule has 20 heavy (non-hydrogen) atoms. The van der Waals surface area contributed by atoms with Crippen LogP contribution in [0.3, 0.4) is 0 Å². The third-order valence-corrected chi connectivity index (χ3v) is 4.88. The summed E-state index contributed by atoms with van der Waals surface area (Å²) < 4.78 is 0. The van der Waals surface area contributed by atoms with Gasteiger partial charge in [0.15, 0.2) is 0 Å². The summed E-state index contributed by atoms with van der Waals surface area (Å²) in [5.74, 6) is 1.39. The fourth-order valence-electron chi connectivity index (χ4n) is 3.42. The van der Waals surface area contributed by atoms with E-state index in [1.54, 1.807) is 0 Å². The molecule has 0 aromatic carbocycles. The molecule has 0 radical (unpaired) electrons. The first-order valence-electron chi connectivity index (χ1n) is 7.83. The molecular formula is C15H30ClN3O. The molecule has 118 valence electrons. The maximum atomic E-state index is 12.1. The van der Waals surface area contributed by atoms with Crippen LogP contribution >= 0.6 is 12.4 Å². The fourth-order valence-corrected chi connectivity index (χ4v) is 3.42. The van der Waals surface area contributed by atoms with Crippen LogP contribution in [0.5, 0.6) is 0 Å². The molecule has 3 N–H and O–H groups in total. The second kappa shape index (κ2) is 8.20. The molecule has 2 aliphatic rings. The van der Waals surface area contributed by atoms with Gasteiger partial charge in [-0.1, -0.05) is 19.8 Å². The van der Waals surface area contributed by atoms with E-state index >= 15 is 0 Å². The molecule has 2 rings (SSSR count). The minimum atomic E-state index is 0. The van der Waals surface area contributed by atoms with E-state index in [2.05, 4.69) is 24.1 Å². The van der Waals surface area contributed by atoms with Gasteiger partial charge in [-0.15, -0.1) is 12.4 Å². The first-order valence-corrected chi connectivity index (χ1v) is 7.83. The highest BCUT2D eigenvalue weighted by atomic mass is 35.5. The molecule has 0 aromatic heterocycles. The Hall–Kier alpha value is -0.320. The maximum Gasteiger partial charge on any atom is 0.234 e. The smallest absolute Gasteiger partial charge is 0.234 e. The summed E-state index contributed by atoms with van der Waals surface area (Å²) in [6.07, 6.45) is 6.10. The Bertz CT molecular complexity index is 311. The van der Waals surface area contributed by atoms with Gasteiger partial charge in [-0.3, -0.25) is 9.69 Å². The molecule has 0 aromatic rings. The zero-order valence-electron chi connectivity index (χ0n) is 12.8. The van der Waals surface area contributed by atoms with Crippen LogP contribution in [0, 0.1) is 11.8 Å². The zero-order chi connectivity index (χ0) is 13.8. The number of hydrogen-bond acceptors (Lipinski definition) is 3. The summed E-state index contributed by atoms with van der Waals surface area (Å²) in [4.78, 5) is 14.4. The third-order valence-electron chi connectivity index (χ3n) is 4.88. The van der Waals surface area contributed by atoms with Crippen molar-refractivity contribution in [3.05, 3.63) is 0 Å². The van der Waals surface area contributed by atoms with Gasteiger partial charge in [-0.05, 0) is 44.6 Å². The van der Waals surface area contributed by atoms with Crippen LogP contribution in [-0.2, 0) is 4.79 Å². The molecule has 1 saturated heterocycles. The maximum absolute atomic E-state index is 12.1. The summed E-state index contributed by atoms with van der Waals surface area (Å²) in [6.45, 7) is 6.86. The molecule has 0 bridgehead atoms. The summed E-state index contributed by atoms with van der Waals surface area (Å²) in [5, 5.41) is 3.23. The highest BCUT2D eigenvalue weighted by Gasteiger charge is 2.28. The Morgan fingerprint density at radius 2 is 2.05 bits per heavy atom. The molecule has 4 atom stereocenters. The van der Waals surface area contributed by atoms with Crippen LogP contribution in [0.2, 0.25) is 0 Å². The van der Waals surface area contributed by atoms with Crippen LogP contribution in [0.15, 0.2) is 0 Å². The van der Waals surface area contributed by atoms with Crippen LogP contribution in [0.1, 0.15) is 46.0 Å². The van der Waals surface area contributed by atoms with Crippen molar-refractivity contribution >= 4 is 18.3 Å². The molecule has 1 aliphatic carbocycles. The van der Waals surface area contributed by atoms with Crippen molar-refractivity contribution in [2.45, 2.75) is 58.0 Å². The Balaban J connectivity index is 0.00000200. The summed E-state index contributed by atoms with van der Waals surface area (Å²) >= 11 is 0. The van der Waals surface area contributed by atoms with Crippen molar-refractivity contribution in [2.24, 2.45) is 17.6 Å². The Kier molecular flexibility index (Phi) is 7.27. The van der Waals surface area contributed by atoms with E-state index in [9.17, 15) is 4.79 Å². The van der Waals surface area contributed by atoms with Gasteiger partial charge in [-0.2, -0.15) is 0 Å². The van der Waals surface area contributed by atoms with Crippen LogP contribution in [0.25, 0.3) is 0 Å². The summed E-state index contributed by atoms with van der Waals surface area (Å²) in [7, 11) is 0. The van der Waals surface area contributed by atoms with Gasteiger partial charge in [0, 0.05) is 18.6 Å². The SMILES string of the molecule is CC(N)C1CCN(CC(=O)NC2CCCCC2C)C1.Cl. The second-order valence-electron chi connectivity index (χ2n) is 6.58. The molecule has 1 amide bonds. The quantitative estimate of drug-likeness (QED) is 0.832. The molecule has 0 spiro atoms. The van der Waals surface area contributed by atoms with Gasteiger partial charge in [-0.25, -0.2) is 0 Å². The van der Waals surface area contributed by atoms with Crippen LogP contribution < -0.4 is 11.1 Å². The standard InChI is InChI=1S/C15H29N3O.ClH/c1-11-5-3-4-6-14(11)17-15(19)10-18-8-7-13(9-18)12(2)16;/h11-14H,3-10,16H2,1-2H3,(H,17,19);1H. The number of nitrogens with one attached hydrogen (secondary N) is 1. The Labute approximate surface area is 129 Å². The van der Waals surface area contributed by atoms with Gasteiger partial charge in [0.05, 0.1) is 6.54 Å². The average Bonchev–Trinajstić information content (AvgIpc) is 2.80. The van der Waals surface area contributed by atoms with Gasteiger partial charge in [0.1, 0.15) is 0 Å². The van der Waals surface area contributed by atoms with Gasteiger partial charge in [0.25, 0.3) is 0 Å². The fraction of sp³-hybridized carbons (Fsp3) is 0.933. The topological polar surface area (TPSA) is 58.4 Å². The molecule has 4 unspecified atom stereocenters. The van der Waals surface area contributed by atoms with Crippen molar-refractivity contribution in [3.8, 4) is 0 Å². The van der Waals surface area contributed by atoms with E-state index in [0.717, 1.165) is 25.9 Å². The zero-order valence-corrected chi connectivity index (χ0v) is 13.6. The number of carbonyl (C=O) groups excluding carboxylic acids is 1. The van der Waals surface area contributed by atoms with Crippen molar-refractivity contribution in [1.82, 2.24) is 10.2 Å². The lowest BCUT2D eigenvalue weighted by Crippen LogP contribution is -2.45. The number of nitrogens with two attached hydrogens (primary N) is 1. The summed E-state index contributed by atoms with van der Waals surface area (Å²) in [5.41, 5.74) is 5.93. The third kappa shape index (κ3) is 4.90. The van der Waals surface area contributed by atoms with E-state index in [-0.39, 0.29) is 24.4 Å². The van der Waals surface area contributed by atoms with E-state index in [4.69, 9.17) is 5.73 Å². The molecule has 1 saturated carbocycles. The predicted octanol–water partition coefficient (Wildman–Crippen LogP) is 1.77. The lowest BCUT2D eigenvalue weighted by atomic mass is 9.86. The first kappa shape index (κ1) is 17.7. The van der Waals surface area contributed by atoms with Crippen LogP contribution in [-0.4, -0.2) is 42.5 Å². The highest BCUT2D eigenvalue weighted by Crippen LogP contribution is 2.24. The Morgan fingerprint density at radius 1 is 1.35 bits per heavy atom. The highest BCUT2D eigenvalue weighted by molar-refractivity contribution is 5.85. The second-order valence-corrected chi connectivity index (χ2v) is 6.58. The van der Waals surface area contributed by atoms with Crippen LogP contribution in [0.4, 0.5) is 0 Å². The number of hydrogen-bond donors (Lipinski definition) is 2. The minimum Gasteiger partial charge on any atom is -0.352 e. The van der Waals surface area contributed by atoms with Gasteiger partial charge < -0.3 is 11.1 Å². The lowest BCUT2D eigenvalue weighted by molar-refractivity contribution is -0.123. The number of amides is 1. The number of likely N-dealkylation sites (tertiary alicyclic amines) is 1. The minimum absolute atomic E-state index is 0. The molecule has 1 aliphatic heterocycles. The Morgan fingerprint density at radius 3 is 2.65 bits per heavy atom. The monoisotopic (exact) mass is 303 g/mol. The number of nitrogens with zero attached hydrogens (tertiary/aromatic N) is 1. The number of halogens is 1. The van der Waals surface area contributed by atoms with E-state index < -0.39 is 0 Å². The largest absolute Gasteiger partial charge is 0.352 e. The van der Waals surface area contributed by atoms with Crippen molar-refractivity contribution in [3.63, 3.8) is 0 Å². The molecule has 5 heteroatoms. The van der Waals surface area contributed by atoms with E-state index in [1.807, 2.05) is 0 Å².